The molecule has 1 saturated heterocycles. The lowest BCUT2D eigenvalue weighted by Crippen LogP contribution is -2.25. The summed E-state index contributed by atoms with van der Waals surface area (Å²) in [4.78, 5) is 17.7. The van der Waals surface area contributed by atoms with E-state index in [0.29, 0.717) is 6.54 Å². The van der Waals surface area contributed by atoms with Crippen molar-refractivity contribution in [3.8, 4) is 0 Å². The Bertz CT molecular complexity index is 375. The van der Waals surface area contributed by atoms with Gasteiger partial charge < -0.3 is 15.0 Å². The number of carbonyl (C=O) groups is 1. The van der Waals surface area contributed by atoms with E-state index in [-0.39, 0.29) is 6.09 Å². The average Bonchev–Trinajstić information content (AvgIpc) is 2.98. The maximum Gasteiger partial charge on any atom is 0.406 e. The van der Waals surface area contributed by atoms with Crippen LogP contribution in [0.1, 0.15) is 18.5 Å². The molecule has 0 bridgehead atoms. The number of thiazole rings is 1. The molecule has 0 saturated carbocycles. The van der Waals surface area contributed by atoms with Crippen LogP contribution in [0.2, 0.25) is 0 Å². The Hall–Kier alpha value is -1.30. The molecule has 1 N–H and O–H groups in total. The first-order valence-corrected chi connectivity index (χ1v) is 6.69. The minimum absolute atomic E-state index is 0.389. The van der Waals surface area contributed by atoms with Crippen molar-refractivity contribution in [3.05, 3.63) is 11.1 Å². The minimum atomic E-state index is -0.389. The van der Waals surface area contributed by atoms with Gasteiger partial charge in [-0.1, -0.05) is 0 Å². The summed E-state index contributed by atoms with van der Waals surface area (Å²) in [5.41, 5.74) is 1.04. The Balaban J connectivity index is 1.79. The number of nitrogens with one attached hydrogen (secondary N) is 1. The topological polar surface area (TPSA) is 54.5 Å². The number of rotatable bonds is 4. The summed E-state index contributed by atoms with van der Waals surface area (Å²) < 4.78 is 4.50. The zero-order valence-corrected chi connectivity index (χ0v) is 10.8. The van der Waals surface area contributed by atoms with E-state index in [0.717, 1.165) is 30.3 Å². The van der Waals surface area contributed by atoms with Crippen molar-refractivity contribution in [2.24, 2.45) is 0 Å². The molecule has 2 heterocycles. The summed E-state index contributed by atoms with van der Waals surface area (Å²) in [7, 11) is 1.36. The third kappa shape index (κ3) is 3.33. The van der Waals surface area contributed by atoms with Crippen LogP contribution >= 0.6 is 11.3 Å². The summed E-state index contributed by atoms with van der Waals surface area (Å²) in [6, 6.07) is 0. The van der Waals surface area contributed by atoms with Crippen LogP contribution in [0.25, 0.3) is 0 Å². The number of hydrogen-bond acceptors (Lipinski definition) is 5. The molecule has 17 heavy (non-hydrogen) atoms. The van der Waals surface area contributed by atoms with Gasteiger partial charge in [-0.05, 0) is 12.8 Å². The third-order valence-corrected chi connectivity index (χ3v) is 3.70. The molecule has 1 aromatic heterocycles. The van der Waals surface area contributed by atoms with Crippen molar-refractivity contribution >= 4 is 22.6 Å². The van der Waals surface area contributed by atoms with Gasteiger partial charge in [0.15, 0.2) is 5.13 Å². The Morgan fingerprint density at radius 2 is 2.35 bits per heavy atom. The number of nitrogens with zero attached hydrogens (tertiary/aromatic N) is 2. The van der Waals surface area contributed by atoms with Gasteiger partial charge in [-0.2, -0.15) is 0 Å². The molecule has 94 valence electrons. The van der Waals surface area contributed by atoms with Crippen LogP contribution < -0.4 is 10.2 Å². The molecular formula is C11H17N3O2S. The quantitative estimate of drug-likeness (QED) is 0.888. The van der Waals surface area contributed by atoms with E-state index in [1.807, 2.05) is 0 Å². The molecule has 1 aliphatic heterocycles. The fraction of sp³-hybridized carbons (Fsp3) is 0.636. The summed E-state index contributed by atoms with van der Waals surface area (Å²) in [5, 5.41) is 5.82. The Morgan fingerprint density at radius 1 is 1.59 bits per heavy atom. The van der Waals surface area contributed by atoms with Crippen molar-refractivity contribution in [1.82, 2.24) is 10.3 Å². The summed E-state index contributed by atoms with van der Waals surface area (Å²) >= 11 is 1.68. The van der Waals surface area contributed by atoms with Crippen molar-refractivity contribution in [1.29, 1.82) is 0 Å². The lowest BCUT2D eigenvalue weighted by atomic mass is 10.3. The van der Waals surface area contributed by atoms with Gasteiger partial charge in [-0.3, -0.25) is 0 Å². The zero-order chi connectivity index (χ0) is 12.1. The van der Waals surface area contributed by atoms with Gasteiger partial charge in [0.05, 0.1) is 12.8 Å². The van der Waals surface area contributed by atoms with E-state index in [1.54, 1.807) is 11.3 Å². The summed E-state index contributed by atoms with van der Waals surface area (Å²) in [5.74, 6) is 0. The molecule has 5 nitrogen and oxygen atoms in total. The molecule has 0 radical (unpaired) electrons. The molecule has 0 aliphatic carbocycles. The van der Waals surface area contributed by atoms with Gasteiger partial charge in [-0.15, -0.1) is 11.3 Å². The highest BCUT2D eigenvalue weighted by Gasteiger charge is 2.15. The van der Waals surface area contributed by atoms with Gasteiger partial charge in [0.25, 0.3) is 0 Å². The highest BCUT2D eigenvalue weighted by atomic mass is 32.1. The highest BCUT2D eigenvalue weighted by Crippen LogP contribution is 2.24. The van der Waals surface area contributed by atoms with Gasteiger partial charge in [0, 0.05) is 31.4 Å². The predicted octanol–water partition coefficient (Wildman–Crippen LogP) is 1.64. The molecule has 0 atom stereocenters. The van der Waals surface area contributed by atoms with Crippen LogP contribution in [-0.2, 0) is 11.2 Å². The number of hydrogen-bond donors (Lipinski definition) is 1. The molecule has 2 rings (SSSR count). The molecule has 0 aromatic carbocycles. The third-order valence-electron chi connectivity index (χ3n) is 2.75. The molecule has 1 aromatic rings. The van der Waals surface area contributed by atoms with E-state index in [1.165, 1.54) is 20.0 Å². The second kappa shape index (κ2) is 5.86. The molecule has 1 aliphatic rings. The molecular weight excluding hydrogens is 238 g/mol. The molecule has 1 fully saturated rings. The second-order valence-corrected chi connectivity index (χ2v) is 4.82. The minimum Gasteiger partial charge on any atom is -0.453 e. The Kier molecular flexibility index (Phi) is 4.19. The van der Waals surface area contributed by atoms with Crippen LogP contribution in [0.3, 0.4) is 0 Å². The van der Waals surface area contributed by atoms with E-state index in [9.17, 15) is 4.79 Å². The maximum absolute atomic E-state index is 10.9. The first-order chi connectivity index (χ1) is 8.29. The van der Waals surface area contributed by atoms with E-state index < -0.39 is 0 Å². The highest BCUT2D eigenvalue weighted by molar-refractivity contribution is 7.13. The van der Waals surface area contributed by atoms with Gasteiger partial charge >= 0.3 is 6.09 Å². The van der Waals surface area contributed by atoms with Crippen LogP contribution in [0.5, 0.6) is 0 Å². The normalized spacial score (nSPS) is 15.0. The van der Waals surface area contributed by atoms with E-state index in [2.05, 4.69) is 25.3 Å². The van der Waals surface area contributed by atoms with Gasteiger partial charge in [0.2, 0.25) is 0 Å². The second-order valence-electron chi connectivity index (χ2n) is 3.98. The number of alkyl carbamates (subject to hydrolysis) is 1. The Labute approximate surface area is 105 Å². The fourth-order valence-electron chi connectivity index (χ4n) is 1.83. The fourth-order valence-corrected chi connectivity index (χ4v) is 2.74. The molecule has 1 amide bonds. The summed E-state index contributed by atoms with van der Waals surface area (Å²) in [6.45, 7) is 2.80. The number of amides is 1. The smallest absolute Gasteiger partial charge is 0.406 e. The lowest BCUT2D eigenvalue weighted by molar-refractivity contribution is 0.171. The van der Waals surface area contributed by atoms with Crippen molar-refractivity contribution in [2.45, 2.75) is 19.3 Å². The average molecular weight is 255 g/mol. The van der Waals surface area contributed by atoms with Gasteiger partial charge in [-0.25, -0.2) is 9.78 Å². The number of methoxy groups -OCH3 is 1. The van der Waals surface area contributed by atoms with Crippen molar-refractivity contribution < 1.29 is 9.53 Å². The molecule has 0 unspecified atom stereocenters. The van der Waals surface area contributed by atoms with Crippen LogP contribution in [0.15, 0.2) is 5.38 Å². The number of aromatic nitrogens is 1. The first kappa shape index (κ1) is 12.2. The van der Waals surface area contributed by atoms with E-state index in [4.69, 9.17) is 0 Å². The number of anilines is 1. The number of ether oxygens (including phenoxy) is 1. The van der Waals surface area contributed by atoms with Crippen LogP contribution in [0, 0.1) is 0 Å². The van der Waals surface area contributed by atoms with Crippen LogP contribution in [-0.4, -0.2) is 37.8 Å². The van der Waals surface area contributed by atoms with Crippen molar-refractivity contribution in [2.75, 3.05) is 31.6 Å². The Morgan fingerprint density at radius 3 is 3.06 bits per heavy atom. The van der Waals surface area contributed by atoms with Crippen LogP contribution in [0.4, 0.5) is 9.93 Å². The largest absolute Gasteiger partial charge is 0.453 e. The number of carbonyl (C=O) groups excluding carboxylic acids is 1. The standard InChI is InChI=1S/C11H17N3O2S/c1-16-11(15)12-5-4-9-8-17-10(13-9)14-6-2-3-7-14/h8H,2-7H2,1H3,(H,12,15). The maximum atomic E-state index is 10.9. The molecule has 0 spiro atoms. The van der Waals surface area contributed by atoms with Gasteiger partial charge in [0.1, 0.15) is 0 Å². The monoisotopic (exact) mass is 255 g/mol. The van der Waals surface area contributed by atoms with E-state index >= 15 is 0 Å². The molecule has 6 heteroatoms. The SMILES string of the molecule is COC(=O)NCCc1csc(N2CCCC2)n1. The zero-order valence-electron chi connectivity index (χ0n) is 9.94. The first-order valence-electron chi connectivity index (χ1n) is 5.81. The summed E-state index contributed by atoms with van der Waals surface area (Å²) in [6.07, 6.45) is 2.89. The van der Waals surface area contributed by atoms with Crippen molar-refractivity contribution in [3.63, 3.8) is 0 Å². The predicted molar refractivity (Wildman–Crippen MR) is 67.7 cm³/mol. The lowest BCUT2D eigenvalue weighted by Gasteiger charge is -2.12.